The van der Waals surface area contributed by atoms with Crippen molar-refractivity contribution in [1.29, 1.82) is 5.26 Å². The molecule has 1 heterocycles. The SMILES string of the molecule is CC(C)(C)OC(=O)CN1Cc2cc(C#N)ccc2OC1=O. The molecule has 0 aromatic heterocycles. The Morgan fingerprint density at radius 2 is 2.19 bits per heavy atom. The van der Waals surface area contributed by atoms with E-state index in [-0.39, 0.29) is 13.1 Å². The molecule has 0 radical (unpaired) electrons. The number of carbonyl (C=O) groups is 2. The molecule has 6 nitrogen and oxygen atoms in total. The molecule has 0 N–H and O–H groups in total. The minimum atomic E-state index is -0.608. The molecule has 0 saturated carbocycles. The zero-order valence-electron chi connectivity index (χ0n) is 12.2. The summed E-state index contributed by atoms with van der Waals surface area (Å²) in [6, 6.07) is 6.83. The van der Waals surface area contributed by atoms with Gasteiger partial charge in [-0.2, -0.15) is 5.26 Å². The Balaban J connectivity index is 2.11. The van der Waals surface area contributed by atoms with Gasteiger partial charge in [0.05, 0.1) is 18.2 Å². The molecule has 1 aliphatic heterocycles. The van der Waals surface area contributed by atoms with E-state index < -0.39 is 17.7 Å². The smallest absolute Gasteiger partial charge is 0.416 e. The van der Waals surface area contributed by atoms with Crippen molar-refractivity contribution in [1.82, 2.24) is 4.90 Å². The van der Waals surface area contributed by atoms with Crippen LogP contribution in [0.5, 0.6) is 5.75 Å². The Labute approximate surface area is 122 Å². The van der Waals surface area contributed by atoms with Gasteiger partial charge in [0.15, 0.2) is 0 Å². The number of nitrogens with zero attached hydrogens (tertiary/aromatic N) is 2. The highest BCUT2D eigenvalue weighted by Crippen LogP contribution is 2.26. The maximum Gasteiger partial charge on any atom is 0.416 e. The molecule has 0 saturated heterocycles. The van der Waals surface area contributed by atoms with Crippen molar-refractivity contribution >= 4 is 12.1 Å². The molecular formula is C15H16N2O4. The molecule has 1 aromatic carbocycles. The third kappa shape index (κ3) is 3.72. The van der Waals surface area contributed by atoms with Crippen molar-refractivity contribution in [3.8, 4) is 11.8 Å². The van der Waals surface area contributed by atoms with Crippen molar-refractivity contribution in [2.24, 2.45) is 0 Å². The van der Waals surface area contributed by atoms with Crippen LogP contribution >= 0.6 is 0 Å². The molecule has 0 atom stereocenters. The van der Waals surface area contributed by atoms with Gasteiger partial charge in [0.25, 0.3) is 0 Å². The van der Waals surface area contributed by atoms with E-state index in [0.717, 1.165) is 0 Å². The lowest BCUT2D eigenvalue weighted by Gasteiger charge is -2.28. The van der Waals surface area contributed by atoms with E-state index in [4.69, 9.17) is 14.7 Å². The largest absolute Gasteiger partial charge is 0.459 e. The molecule has 0 fully saturated rings. The van der Waals surface area contributed by atoms with E-state index >= 15 is 0 Å². The monoisotopic (exact) mass is 288 g/mol. The lowest BCUT2D eigenvalue weighted by Crippen LogP contribution is -2.42. The summed E-state index contributed by atoms with van der Waals surface area (Å²) < 4.78 is 10.3. The standard InChI is InChI=1S/C15H16N2O4/c1-15(2,3)21-13(18)9-17-8-11-6-10(7-16)4-5-12(11)20-14(17)19/h4-6H,8-9H2,1-3H3. The van der Waals surface area contributed by atoms with Gasteiger partial charge in [-0.15, -0.1) is 0 Å². The summed E-state index contributed by atoms with van der Waals surface area (Å²) in [5.41, 5.74) is 0.559. The average Bonchev–Trinajstić information content (AvgIpc) is 2.37. The number of carbonyl (C=O) groups excluding carboxylic acids is 2. The minimum absolute atomic E-state index is 0.188. The zero-order valence-corrected chi connectivity index (χ0v) is 12.2. The van der Waals surface area contributed by atoms with Crippen LogP contribution in [-0.4, -0.2) is 29.1 Å². The number of rotatable bonds is 2. The predicted molar refractivity (Wildman–Crippen MR) is 73.4 cm³/mol. The van der Waals surface area contributed by atoms with Gasteiger partial charge in [-0.1, -0.05) is 0 Å². The zero-order chi connectivity index (χ0) is 15.6. The number of hydrogen-bond donors (Lipinski definition) is 0. The molecule has 2 rings (SSSR count). The fourth-order valence-corrected chi connectivity index (χ4v) is 1.95. The van der Waals surface area contributed by atoms with E-state index in [1.54, 1.807) is 39.0 Å². The summed E-state index contributed by atoms with van der Waals surface area (Å²) in [4.78, 5) is 24.9. The molecule has 21 heavy (non-hydrogen) atoms. The van der Waals surface area contributed by atoms with Gasteiger partial charge < -0.3 is 9.47 Å². The van der Waals surface area contributed by atoms with E-state index in [1.807, 2.05) is 6.07 Å². The van der Waals surface area contributed by atoms with Crippen LogP contribution in [0.15, 0.2) is 18.2 Å². The number of benzene rings is 1. The molecule has 0 bridgehead atoms. The van der Waals surface area contributed by atoms with Crippen molar-refractivity contribution in [3.05, 3.63) is 29.3 Å². The van der Waals surface area contributed by atoms with E-state index in [0.29, 0.717) is 16.9 Å². The number of esters is 1. The van der Waals surface area contributed by atoms with Crippen LogP contribution in [0.4, 0.5) is 4.79 Å². The summed E-state index contributed by atoms with van der Waals surface area (Å²) in [6.45, 7) is 5.30. The lowest BCUT2D eigenvalue weighted by molar-refractivity contribution is -0.155. The van der Waals surface area contributed by atoms with Crippen molar-refractivity contribution in [2.45, 2.75) is 32.9 Å². The maximum atomic E-state index is 11.8. The quantitative estimate of drug-likeness (QED) is 0.779. The van der Waals surface area contributed by atoms with Gasteiger partial charge in [-0.25, -0.2) is 4.79 Å². The third-order valence-electron chi connectivity index (χ3n) is 2.75. The molecular weight excluding hydrogens is 272 g/mol. The number of fused-ring (bicyclic) bond motifs is 1. The van der Waals surface area contributed by atoms with Gasteiger partial charge in [-0.3, -0.25) is 9.69 Å². The number of ether oxygens (including phenoxy) is 2. The highest BCUT2D eigenvalue weighted by molar-refractivity contribution is 5.80. The Hall–Kier alpha value is -2.55. The van der Waals surface area contributed by atoms with E-state index in [9.17, 15) is 9.59 Å². The van der Waals surface area contributed by atoms with Crippen LogP contribution in [-0.2, 0) is 16.1 Å². The van der Waals surface area contributed by atoms with Crippen LogP contribution < -0.4 is 4.74 Å². The van der Waals surface area contributed by atoms with Crippen LogP contribution in [0, 0.1) is 11.3 Å². The Kier molecular flexibility index (Phi) is 3.85. The topological polar surface area (TPSA) is 79.6 Å². The number of amides is 1. The Bertz CT molecular complexity index is 626. The molecule has 1 aromatic rings. The first-order valence-electron chi connectivity index (χ1n) is 6.50. The molecule has 0 spiro atoms. The van der Waals surface area contributed by atoms with Gasteiger partial charge in [-0.05, 0) is 39.0 Å². The molecule has 1 amide bonds. The van der Waals surface area contributed by atoms with Crippen molar-refractivity contribution in [3.63, 3.8) is 0 Å². The van der Waals surface area contributed by atoms with Crippen LogP contribution in [0.3, 0.4) is 0 Å². The molecule has 110 valence electrons. The summed E-state index contributed by atoms with van der Waals surface area (Å²) >= 11 is 0. The number of hydrogen-bond acceptors (Lipinski definition) is 5. The van der Waals surface area contributed by atoms with Crippen LogP contribution in [0.2, 0.25) is 0 Å². The van der Waals surface area contributed by atoms with E-state index in [1.165, 1.54) is 4.90 Å². The van der Waals surface area contributed by atoms with Gasteiger partial charge in [0, 0.05) is 5.56 Å². The average molecular weight is 288 g/mol. The second kappa shape index (κ2) is 5.44. The van der Waals surface area contributed by atoms with Gasteiger partial charge in [0.1, 0.15) is 17.9 Å². The normalized spacial score (nSPS) is 14.0. The summed E-state index contributed by atoms with van der Waals surface area (Å²) in [7, 11) is 0. The Morgan fingerprint density at radius 3 is 2.81 bits per heavy atom. The van der Waals surface area contributed by atoms with Gasteiger partial charge in [0.2, 0.25) is 0 Å². The first-order chi connectivity index (χ1) is 9.78. The second-order valence-corrected chi connectivity index (χ2v) is 5.74. The fourth-order valence-electron chi connectivity index (χ4n) is 1.95. The second-order valence-electron chi connectivity index (χ2n) is 5.74. The first kappa shape index (κ1) is 14.9. The molecule has 1 aliphatic rings. The summed E-state index contributed by atoms with van der Waals surface area (Å²) in [5, 5.41) is 8.88. The van der Waals surface area contributed by atoms with Crippen molar-refractivity contribution in [2.75, 3.05) is 6.54 Å². The lowest BCUT2D eigenvalue weighted by atomic mass is 10.1. The van der Waals surface area contributed by atoms with Crippen LogP contribution in [0.25, 0.3) is 0 Å². The highest BCUT2D eigenvalue weighted by Gasteiger charge is 2.28. The summed E-state index contributed by atoms with van der Waals surface area (Å²) in [5.74, 6) is -0.0845. The van der Waals surface area contributed by atoms with Crippen LogP contribution in [0.1, 0.15) is 31.9 Å². The highest BCUT2D eigenvalue weighted by atomic mass is 16.6. The molecule has 0 unspecified atom stereocenters. The third-order valence-corrected chi connectivity index (χ3v) is 2.75. The fraction of sp³-hybridized carbons (Fsp3) is 0.400. The van der Waals surface area contributed by atoms with E-state index in [2.05, 4.69) is 0 Å². The predicted octanol–water partition coefficient (Wildman–Crippen LogP) is 2.21. The molecule has 6 heteroatoms. The first-order valence-corrected chi connectivity index (χ1v) is 6.50. The number of nitriles is 1. The minimum Gasteiger partial charge on any atom is -0.459 e. The maximum absolute atomic E-state index is 11.8. The Morgan fingerprint density at radius 1 is 1.48 bits per heavy atom. The molecule has 0 aliphatic carbocycles. The van der Waals surface area contributed by atoms with Gasteiger partial charge >= 0.3 is 12.1 Å². The van der Waals surface area contributed by atoms with Crippen molar-refractivity contribution < 1.29 is 19.1 Å². The summed E-state index contributed by atoms with van der Waals surface area (Å²) in [6.07, 6.45) is -0.599.